The number of hydrogen-bond donors (Lipinski definition) is 1. The molecule has 7 heteroatoms. The maximum absolute atomic E-state index is 12.6. The van der Waals surface area contributed by atoms with Gasteiger partial charge in [0.15, 0.2) is 4.32 Å². The van der Waals surface area contributed by atoms with Gasteiger partial charge in [-0.15, -0.1) is 0 Å². The molecule has 2 heterocycles. The second-order valence-corrected chi connectivity index (χ2v) is 6.83. The summed E-state index contributed by atoms with van der Waals surface area (Å²) in [6, 6.07) is 10.4. The number of allylic oxidation sites excluding steroid dienone is 2. The first kappa shape index (κ1) is 17.2. The summed E-state index contributed by atoms with van der Waals surface area (Å²) in [7, 11) is 0. The van der Waals surface area contributed by atoms with Crippen LogP contribution in [0.3, 0.4) is 0 Å². The third kappa shape index (κ3) is 4.07. The summed E-state index contributed by atoms with van der Waals surface area (Å²) >= 11 is 6.52. The average Bonchev–Trinajstić information content (AvgIpc) is 3.17. The minimum atomic E-state index is -0.898. The van der Waals surface area contributed by atoms with E-state index in [0.717, 1.165) is 0 Å². The lowest BCUT2D eigenvalue weighted by Crippen LogP contribution is -2.27. The predicted octanol–water partition coefficient (Wildman–Crippen LogP) is 3.87. The molecule has 0 radical (unpaired) electrons. The lowest BCUT2D eigenvalue weighted by Gasteiger charge is -2.14. The van der Waals surface area contributed by atoms with E-state index in [1.807, 2.05) is 6.07 Å². The second-order valence-electron chi connectivity index (χ2n) is 5.15. The maximum atomic E-state index is 12.6. The number of amides is 1. The molecule has 1 aliphatic heterocycles. The Balaban J connectivity index is 1.75. The molecular weight excluding hydrogens is 358 g/mol. The normalized spacial score (nSPS) is 16.3. The minimum Gasteiger partial charge on any atom is -0.481 e. The van der Waals surface area contributed by atoms with Crippen LogP contribution in [0.2, 0.25) is 0 Å². The van der Waals surface area contributed by atoms with E-state index in [9.17, 15) is 9.59 Å². The van der Waals surface area contributed by atoms with Crippen molar-refractivity contribution in [1.82, 2.24) is 0 Å². The molecule has 1 aromatic heterocycles. The van der Waals surface area contributed by atoms with Crippen molar-refractivity contribution in [2.75, 3.05) is 4.90 Å². The Morgan fingerprint density at radius 1 is 1.28 bits per heavy atom. The van der Waals surface area contributed by atoms with Gasteiger partial charge < -0.3 is 9.52 Å². The zero-order chi connectivity index (χ0) is 17.8. The lowest BCUT2D eigenvalue weighted by atomic mass is 10.1. The van der Waals surface area contributed by atoms with Crippen molar-refractivity contribution in [3.05, 3.63) is 71.0 Å². The number of carboxylic acids is 1. The molecule has 0 saturated carbocycles. The first-order valence-electron chi connectivity index (χ1n) is 7.33. The number of benzene rings is 1. The van der Waals surface area contributed by atoms with Gasteiger partial charge >= 0.3 is 5.97 Å². The van der Waals surface area contributed by atoms with Crippen molar-refractivity contribution < 1.29 is 19.1 Å². The Kier molecular flexibility index (Phi) is 5.16. The van der Waals surface area contributed by atoms with Crippen LogP contribution in [0.4, 0.5) is 5.69 Å². The molecule has 0 unspecified atom stereocenters. The van der Waals surface area contributed by atoms with Crippen molar-refractivity contribution in [3.63, 3.8) is 0 Å². The van der Waals surface area contributed by atoms with E-state index in [1.54, 1.807) is 54.8 Å². The Hall–Kier alpha value is -2.64. The van der Waals surface area contributed by atoms with Crippen molar-refractivity contribution in [2.24, 2.45) is 0 Å². The van der Waals surface area contributed by atoms with E-state index in [-0.39, 0.29) is 12.3 Å². The van der Waals surface area contributed by atoms with Crippen molar-refractivity contribution >= 4 is 51.9 Å². The van der Waals surface area contributed by atoms with Crippen LogP contribution in [-0.2, 0) is 16.0 Å². The smallest absolute Gasteiger partial charge is 0.307 e. The lowest BCUT2D eigenvalue weighted by molar-refractivity contribution is -0.136. The number of carbonyl (C=O) groups is 2. The summed E-state index contributed by atoms with van der Waals surface area (Å²) in [6.07, 6.45) is 6.71. The highest BCUT2D eigenvalue weighted by Gasteiger charge is 2.32. The standard InChI is InChI=1S/C18H13NO4S2/c20-16(21)11-12-6-8-13(9-7-12)19-17(22)15(25-18(19)24)5-1-3-14-4-2-10-23-14/h1-10H,11H2,(H,20,21)/b3-1+,15-5+. The molecule has 3 rings (SSSR count). The van der Waals surface area contributed by atoms with Crippen molar-refractivity contribution in [3.8, 4) is 0 Å². The minimum absolute atomic E-state index is 0.0594. The summed E-state index contributed by atoms with van der Waals surface area (Å²) in [5, 5.41) is 8.81. The summed E-state index contributed by atoms with van der Waals surface area (Å²) in [4.78, 5) is 25.3. The van der Waals surface area contributed by atoms with Crippen LogP contribution in [0.25, 0.3) is 6.08 Å². The number of hydrogen-bond acceptors (Lipinski definition) is 5. The van der Waals surface area contributed by atoms with E-state index < -0.39 is 5.97 Å². The fourth-order valence-electron chi connectivity index (χ4n) is 2.26. The number of anilines is 1. The second kappa shape index (κ2) is 7.50. The van der Waals surface area contributed by atoms with E-state index >= 15 is 0 Å². The fraction of sp³-hybridized carbons (Fsp3) is 0.0556. The van der Waals surface area contributed by atoms with Crippen LogP contribution >= 0.6 is 24.0 Å². The number of rotatable bonds is 5. The van der Waals surface area contributed by atoms with E-state index in [2.05, 4.69) is 0 Å². The number of carbonyl (C=O) groups excluding carboxylic acids is 1. The summed E-state index contributed by atoms with van der Waals surface area (Å²) in [5.41, 5.74) is 1.29. The first-order valence-corrected chi connectivity index (χ1v) is 8.56. The molecule has 25 heavy (non-hydrogen) atoms. The fourth-order valence-corrected chi connectivity index (χ4v) is 3.51. The molecule has 1 fully saturated rings. The Morgan fingerprint density at radius 3 is 2.68 bits per heavy atom. The zero-order valence-electron chi connectivity index (χ0n) is 12.9. The van der Waals surface area contributed by atoms with E-state index in [4.69, 9.17) is 21.7 Å². The SMILES string of the molecule is O=C(O)Cc1ccc(N2C(=O)/C(=C\C=C\c3ccco3)SC2=S)cc1. The molecular formula is C18H13NO4S2. The highest BCUT2D eigenvalue weighted by Crippen LogP contribution is 2.35. The van der Waals surface area contributed by atoms with E-state index in [0.29, 0.717) is 26.2 Å². The largest absolute Gasteiger partial charge is 0.481 e. The molecule has 1 saturated heterocycles. The third-order valence-electron chi connectivity index (χ3n) is 3.39. The van der Waals surface area contributed by atoms with Gasteiger partial charge in [-0.2, -0.15) is 0 Å². The first-order chi connectivity index (χ1) is 12.0. The van der Waals surface area contributed by atoms with Crippen molar-refractivity contribution in [2.45, 2.75) is 6.42 Å². The highest BCUT2D eigenvalue weighted by atomic mass is 32.2. The molecule has 0 bridgehead atoms. The zero-order valence-corrected chi connectivity index (χ0v) is 14.5. The van der Waals surface area contributed by atoms with Gasteiger partial charge in [0.05, 0.1) is 23.3 Å². The van der Waals surface area contributed by atoms with Gasteiger partial charge in [-0.3, -0.25) is 14.5 Å². The summed E-state index contributed by atoms with van der Waals surface area (Å²) in [5.74, 6) is -0.407. The van der Waals surface area contributed by atoms with E-state index in [1.165, 1.54) is 16.7 Å². The Bertz CT molecular complexity index is 867. The van der Waals surface area contributed by atoms with Gasteiger partial charge in [-0.25, -0.2) is 0 Å². The molecule has 1 N–H and O–H groups in total. The van der Waals surface area contributed by atoms with Gasteiger partial charge in [-0.1, -0.05) is 42.2 Å². The predicted molar refractivity (Wildman–Crippen MR) is 101 cm³/mol. The number of aliphatic carboxylic acids is 1. The molecule has 0 atom stereocenters. The molecule has 0 spiro atoms. The number of thiocarbonyl (C=S) groups is 1. The summed E-state index contributed by atoms with van der Waals surface area (Å²) in [6.45, 7) is 0. The van der Waals surface area contributed by atoms with Crippen LogP contribution in [0.1, 0.15) is 11.3 Å². The van der Waals surface area contributed by atoms with Crippen LogP contribution < -0.4 is 4.90 Å². The van der Waals surface area contributed by atoms with Crippen LogP contribution in [0.5, 0.6) is 0 Å². The van der Waals surface area contributed by atoms with Gasteiger partial charge in [-0.05, 0) is 42.0 Å². The Morgan fingerprint density at radius 2 is 2.04 bits per heavy atom. The average molecular weight is 371 g/mol. The van der Waals surface area contributed by atoms with Gasteiger partial charge in [0.25, 0.3) is 5.91 Å². The van der Waals surface area contributed by atoms with Crippen LogP contribution in [0.15, 0.2) is 64.1 Å². The Labute approximate surface area is 153 Å². The van der Waals surface area contributed by atoms with Gasteiger partial charge in [0.1, 0.15) is 5.76 Å². The van der Waals surface area contributed by atoms with Gasteiger partial charge in [0, 0.05) is 0 Å². The highest BCUT2D eigenvalue weighted by molar-refractivity contribution is 8.27. The number of carboxylic acid groups (broad SMARTS) is 1. The molecule has 5 nitrogen and oxygen atoms in total. The molecule has 1 aliphatic rings. The van der Waals surface area contributed by atoms with Gasteiger partial charge in [0.2, 0.25) is 0 Å². The number of thioether (sulfide) groups is 1. The molecule has 126 valence electrons. The summed E-state index contributed by atoms with van der Waals surface area (Å²) < 4.78 is 5.63. The topological polar surface area (TPSA) is 70.8 Å². The van der Waals surface area contributed by atoms with Crippen LogP contribution in [0, 0.1) is 0 Å². The number of nitrogens with zero attached hydrogens (tertiary/aromatic N) is 1. The maximum Gasteiger partial charge on any atom is 0.307 e. The monoisotopic (exact) mass is 371 g/mol. The third-order valence-corrected chi connectivity index (χ3v) is 4.72. The molecule has 2 aromatic rings. The quantitative estimate of drug-likeness (QED) is 0.635. The molecule has 0 aliphatic carbocycles. The number of furan rings is 1. The van der Waals surface area contributed by atoms with Crippen molar-refractivity contribution in [1.29, 1.82) is 0 Å². The molecule has 1 amide bonds. The van der Waals surface area contributed by atoms with Crippen LogP contribution in [-0.4, -0.2) is 21.3 Å². The molecule has 1 aromatic carbocycles.